The lowest BCUT2D eigenvalue weighted by molar-refractivity contribution is 0.376. The van der Waals surface area contributed by atoms with Crippen LogP contribution in [0.25, 0.3) is 0 Å². The molecule has 0 bridgehead atoms. The molecule has 1 nitrogen and oxygen atoms in total. The maximum atomic E-state index is 3.44. The molecule has 2 aliphatic rings. The molecule has 2 rings (SSSR count). The van der Waals surface area contributed by atoms with Crippen molar-refractivity contribution in [1.29, 1.82) is 0 Å². The molecule has 84 valence electrons. The van der Waals surface area contributed by atoms with E-state index in [9.17, 15) is 0 Å². The minimum Gasteiger partial charge on any atom is -0.317 e. The van der Waals surface area contributed by atoms with Gasteiger partial charge in [0.15, 0.2) is 0 Å². The predicted octanol–water partition coefficient (Wildman–Crippen LogP) is 3.44. The van der Waals surface area contributed by atoms with E-state index in [-0.39, 0.29) is 0 Å². The maximum absolute atomic E-state index is 3.44. The fourth-order valence-electron chi connectivity index (χ4n) is 2.19. The molecule has 0 unspecified atom stereocenters. The monoisotopic (exact) mass is 215 g/mol. The third kappa shape index (κ3) is 3.82. The van der Waals surface area contributed by atoms with E-state index in [4.69, 9.17) is 0 Å². The molecule has 14 heavy (non-hydrogen) atoms. The Morgan fingerprint density at radius 1 is 1.07 bits per heavy atom. The first-order valence-electron chi connectivity index (χ1n) is 6.17. The summed E-state index contributed by atoms with van der Waals surface area (Å²) in [5, 5.41) is 3.44. The first-order chi connectivity index (χ1) is 6.83. The zero-order valence-electron chi connectivity index (χ0n) is 9.77. The summed E-state index contributed by atoms with van der Waals surface area (Å²) in [4.78, 5) is 0. The van der Waals surface area contributed by atoms with Crippen LogP contribution in [-0.2, 0) is 0 Å². The zero-order chi connectivity index (χ0) is 10.3. The zero-order valence-corrected chi connectivity index (χ0v) is 10.6. The summed E-state index contributed by atoms with van der Waals surface area (Å²) in [6, 6.07) is 0. The lowest BCUT2D eigenvalue weighted by Crippen LogP contribution is -2.40. The normalized spacial score (nSPS) is 25.3. The van der Waals surface area contributed by atoms with E-state index >= 15 is 0 Å². The van der Waals surface area contributed by atoms with Crippen LogP contribution < -0.4 is 5.32 Å². The maximum Gasteiger partial charge on any atom is 0.0184 e. The highest BCUT2D eigenvalue weighted by atomic mass is 32.2. The average Bonchev–Trinajstić information content (AvgIpc) is 2.21. The van der Waals surface area contributed by atoms with Gasteiger partial charge in [-0.1, -0.05) is 26.7 Å². The third-order valence-corrected chi connectivity index (χ3v) is 4.67. The van der Waals surface area contributed by atoms with Crippen molar-refractivity contribution in [2.45, 2.75) is 57.1 Å². The van der Waals surface area contributed by atoms with E-state index in [0.717, 1.165) is 0 Å². The van der Waals surface area contributed by atoms with Gasteiger partial charge in [-0.2, -0.15) is 11.8 Å². The molecule has 2 saturated heterocycles. The van der Waals surface area contributed by atoms with Gasteiger partial charge >= 0.3 is 0 Å². The van der Waals surface area contributed by atoms with Gasteiger partial charge in [0.05, 0.1) is 0 Å². The van der Waals surface area contributed by atoms with Crippen molar-refractivity contribution in [2.24, 2.45) is 0 Å². The van der Waals surface area contributed by atoms with Gasteiger partial charge in [0.2, 0.25) is 0 Å². The molecule has 0 aromatic rings. The second-order valence-corrected chi connectivity index (χ2v) is 6.01. The minimum absolute atomic E-state index is 0.712. The Hall–Kier alpha value is 0.310. The fourth-order valence-corrected chi connectivity index (χ4v) is 3.75. The molecular weight excluding hydrogens is 190 g/mol. The highest BCUT2D eigenvalue weighted by molar-refractivity contribution is 8.00. The van der Waals surface area contributed by atoms with Gasteiger partial charge < -0.3 is 5.32 Å². The summed E-state index contributed by atoms with van der Waals surface area (Å²) in [6.07, 6.45) is 8.50. The summed E-state index contributed by atoms with van der Waals surface area (Å²) in [6.45, 7) is 6.76. The highest BCUT2D eigenvalue weighted by Crippen LogP contribution is 2.42. The van der Waals surface area contributed by atoms with Crippen LogP contribution in [0, 0.1) is 0 Å². The topological polar surface area (TPSA) is 12.0 Å². The number of piperidine rings is 1. The summed E-state index contributed by atoms with van der Waals surface area (Å²) in [5.41, 5.74) is 0. The van der Waals surface area contributed by atoms with Crippen LogP contribution in [0.1, 0.15) is 52.4 Å². The Morgan fingerprint density at radius 2 is 1.71 bits per heavy atom. The van der Waals surface area contributed by atoms with Crippen molar-refractivity contribution in [2.75, 3.05) is 18.8 Å². The van der Waals surface area contributed by atoms with Gasteiger partial charge in [0.25, 0.3) is 0 Å². The van der Waals surface area contributed by atoms with Crippen LogP contribution in [-0.4, -0.2) is 23.6 Å². The van der Waals surface area contributed by atoms with Crippen molar-refractivity contribution in [3.8, 4) is 0 Å². The summed E-state index contributed by atoms with van der Waals surface area (Å²) in [7, 11) is 0. The Kier molecular flexibility index (Phi) is 5.95. The Morgan fingerprint density at radius 3 is 2.21 bits per heavy atom. The molecule has 2 aliphatic heterocycles. The van der Waals surface area contributed by atoms with Crippen molar-refractivity contribution < 1.29 is 0 Å². The second kappa shape index (κ2) is 6.73. The van der Waals surface area contributed by atoms with Crippen LogP contribution in [0.2, 0.25) is 0 Å². The summed E-state index contributed by atoms with van der Waals surface area (Å²) >= 11 is 2.25. The smallest absolute Gasteiger partial charge is 0.0184 e. The molecule has 0 aliphatic carbocycles. The van der Waals surface area contributed by atoms with Crippen LogP contribution in [0.5, 0.6) is 0 Å². The van der Waals surface area contributed by atoms with Gasteiger partial charge in [-0.3, -0.25) is 0 Å². The largest absolute Gasteiger partial charge is 0.317 e. The summed E-state index contributed by atoms with van der Waals surface area (Å²) in [5.74, 6) is 1.42. The highest BCUT2D eigenvalue weighted by Gasteiger charge is 2.33. The molecule has 0 atom stereocenters. The van der Waals surface area contributed by atoms with E-state index < -0.39 is 0 Å². The molecule has 1 N–H and O–H groups in total. The molecule has 2 heterocycles. The average molecular weight is 215 g/mol. The molecule has 1 spiro atoms. The third-order valence-electron chi connectivity index (χ3n) is 2.95. The van der Waals surface area contributed by atoms with Crippen LogP contribution in [0.3, 0.4) is 0 Å². The van der Waals surface area contributed by atoms with E-state index in [1.165, 1.54) is 57.4 Å². The number of rotatable bonds is 0. The number of nitrogens with one attached hydrogen (secondary N) is 1. The van der Waals surface area contributed by atoms with Crippen molar-refractivity contribution in [3.63, 3.8) is 0 Å². The molecule has 2 heteroatoms. The number of hydrogen-bond acceptors (Lipinski definition) is 2. The quantitative estimate of drug-likeness (QED) is 0.664. The molecule has 0 aromatic heterocycles. The molecule has 0 saturated carbocycles. The van der Waals surface area contributed by atoms with E-state index in [1.54, 1.807) is 0 Å². The Labute approximate surface area is 93.4 Å². The van der Waals surface area contributed by atoms with E-state index in [2.05, 4.69) is 30.9 Å². The molecule has 0 amide bonds. The van der Waals surface area contributed by atoms with Crippen LogP contribution >= 0.6 is 11.8 Å². The minimum atomic E-state index is 0.712. The van der Waals surface area contributed by atoms with E-state index in [1.807, 2.05) is 0 Å². The Bertz CT molecular complexity index is 116. The SMILES string of the molecule is C1CCC2(CCNCC2)SC1.CCC. The Balaban J connectivity index is 0.000000293. The first-order valence-corrected chi connectivity index (χ1v) is 7.16. The molecular formula is C12H25NS. The lowest BCUT2D eigenvalue weighted by Gasteiger charge is -2.40. The first kappa shape index (κ1) is 12.4. The summed E-state index contributed by atoms with van der Waals surface area (Å²) < 4.78 is 0.712. The van der Waals surface area contributed by atoms with E-state index in [0.29, 0.717) is 4.75 Å². The molecule has 2 fully saturated rings. The van der Waals surface area contributed by atoms with Gasteiger partial charge in [-0.25, -0.2) is 0 Å². The fraction of sp³-hybridized carbons (Fsp3) is 1.00. The van der Waals surface area contributed by atoms with Crippen molar-refractivity contribution >= 4 is 11.8 Å². The number of hydrogen-bond donors (Lipinski definition) is 1. The van der Waals surface area contributed by atoms with Crippen LogP contribution in [0.15, 0.2) is 0 Å². The second-order valence-electron chi connectivity index (χ2n) is 4.45. The van der Waals surface area contributed by atoms with Gasteiger partial charge in [0, 0.05) is 4.75 Å². The molecule has 0 aromatic carbocycles. The molecule has 0 radical (unpaired) electrons. The standard InChI is InChI=1S/C9H17NS.C3H8/c1-2-8-11-9(3-1)4-6-10-7-5-9;1-3-2/h10H,1-8H2;3H2,1-2H3. The van der Waals surface area contributed by atoms with Crippen molar-refractivity contribution in [3.05, 3.63) is 0 Å². The van der Waals surface area contributed by atoms with Gasteiger partial charge in [-0.05, 0) is 44.5 Å². The van der Waals surface area contributed by atoms with Gasteiger partial charge in [-0.15, -0.1) is 0 Å². The predicted molar refractivity (Wildman–Crippen MR) is 67.1 cm³/mol. The lowest BCUT2D eigenvalue weighted by atomic mass is 9.91. The van der Waals surface area contributed by atoms with Crippen molar-refractivity contribution in [1.82, 2.24) is 5.32 Å². The number of thioether (sulfide) groups is 1. The van der Waals surface area contributed by atoms with Gasteiger partial charge in [0.1, 0.15) is 0 Å². The van der Waals surface area contributed by atoms with Crippen LogP contribution in [0.4, 0.5) is 0 Å².